The van der Waals surface area contributed by atoms with E-state index in [4.69, 9.17) is 0 Å². The number of hydrogen-bond donors (Lipinski definition) is 0. The zero-order valence-electron chi connectivity index (χ0n) is 10.1. The lowest BCUT2D eigenvalue weighted by atomic mass is 10.1. The molecule has 1 fully saturated rings. The summed E-state index contributed by atoms with van der Waals surface area (Å²) in [7, 11) is -3.07. The van der Waals surface area contributed by atoms with Gasteiger partial charge < -0.3 is 0 Å². The van der Waals surface area contributed by atoms with Crippen LogP contribution in [0.15, 0.2) is 12.3 Å². The second-order valence-electron chi connectivity index (χ2n) is 4.30. The van der Waals surface area contributed by atoms with Crippen LogP contribution < -0.4 is 0 Å². The topological polar surface area (TPSA) is 63.2 Å². The van der Waals surface area contributed by atoms with Gasteiger partial charge in [0.05, 0.1) is 5.75 Å². The molecule has 1 saturated heterocycles. The van der Waals surface area contributed by atoms with Crippen molar-refractivity contribution in [1.82, 2.24) is 14.3 Å². The lowest BCUT2D eigenvalue weighted by molar-refractivity contribution is 0.472. The predicted molar refractivity (Wildman–Crippen MR) is 65.2 cm³/mol. The molecule has 17 heavy (non-hydrogen) atoms. The molecule has 1 aliphatic heterocycles. The molecule has 0 radical (unpaired) electrons. The Morgan fingerprint density at radius 3 is 2.94 bits per heavy atom. The van der Waals surface area contributed by atoms with E-state index < -0.39 is 10.0 Å². The van der Waals surface area contributed by atoms with Crippen LogP contribution in [0.3, 0.4) is 0 Å². The molecule has 0 spiro atoms. The minimum atomic E-state index is -3.07. The summed E-state index contributed by atoms with van der Waals surface area (Å²) in [5, 5.41) is 0. The van der Waals surface area contributed by atoms with Gasteiger partial charge in [-0.3, -0.25) is 0 Å². The highest BCUT2D eigenvalue weighted by Crippen LogP contribution is 2.26. The molecule has 0 bridgehead atoms. The maximum Gasteiger partial charge on any atom is 0.213 e. The van der Waals surface area contributed by atoms with Crippen LogP contribution in [0.4, 0.5) is 0 Å². The normalized spacial score (nSPS) is 21.9. The number of aryl methyl sites for hydroxylation is 1. The summed E-state index contributed by atoms with van der Waals surface area (Å²) >= 11 is 0. The van der Waals surface area contributed by atoms with Crippen molar-refractivity contribution in [3.8, 4) is 0 Å². The molecular formula is C11H17N3O2S. The first-order valence-corrected chi connectivity index (χ1v) is 7.41. The van der Waals surface area contributed by atoms with Gasteiger partial charge >= 0.3 is 0 Å². The van der Waals surface area contributed by atoms with E-state index in [0.29, 0.717) is 13.1 Å². The fourth-order valence-corrected chi connectivity index (χ4v) is 3.20. The summed E-state index contributed by atoms with van der Waals surface area (Å²) in [4.78, 5) is 8.60. The number of nitrogens with zero attached hydrogens (tertiary/aromatic N) is 3. The molecule has 0 amide bonds. The van der Waals surface area contributed by atoms with Gasteiger partial charge in [-0.05, 0) is 26.3 Å². The number of rotatable bonds is 3. The SMILES string of the molecule is CCS(=O)(=O)N1CCC(c2nccc(C)n2)C1. The smallest absolute Gasteiger partial charge is 0.213 e. The first-order chi connectivity index (χ1) is 8.03. The number of hydrogen-bond acceptors (Lipinski definition) is 4. The maximum absolute atomic E-state index is 11.7. The highest BCUT2D eigenvalue weighted by molar-refractivity contribution is 7.89. The molecule has 0 aromatic carbocycles. The van der Waals surface area contributed by atoms with Crippen molar-refractivity contribution < 1.29 is 8.42 Å². The van der Waals surface area contributed by atoms with Gasteiger partial charge in [0.15, 0.2) is 0 Å². The molecule has 0 aliphatic carbocycles. The van der Waals surface area contributed by atoms with Gasteiger partial charge in [-0.15, -0.1) is 0 Å². The Labute approximate surface area is 102 Å². The van der Waals surface area contributed by atoms with Crippen LogP contribution in [0.2, 0.25) is 0 Å². The van der Waals surface area contributed by atoms with Gasteiger partial charge in [-0.25, -0.2) is 22.7 Å². The Balaban J connectivity index is 2.13. The molecule has 0 N–H and O–H groups in total. The molecular weight excluding hydrogens is 238 g/mol. The summed E-state index contributed by atoms with van der Waals surface area (Å²) in [5.41, 5.74) is 0.923. The Morgan fingerprint density at radius 1 is 1.53 bits per heavy atom. The first kappa shape index (κ1) is 12.4. The highest BCUT2D eigenvalue weighted by Gasteiger charge is 2.32. The Morgan fingerprint density at radius 2 is 2.29 bits per heavy atom. The minimum absolute atomic E-state index is 0.135. The first-order valence-electron chi connectivity index (χ1n) is 5.80. The second kappa shape index (κ2) is 4.70. The van der Waals surface area contributed by atoms with E-state index in [2.05, 4.69) is 9.97 Å². The van der Waals surface area contributed by atoms with Crippen molar-refractivity contribution in [2.24, 2.45) is 0 Å². The molecule has 2 rings (SSSR count). The van der Waals surface area contributed by atoms with Crippen molar-refractivity contribution >= 4 is 10.0 Å². The third-order valence-electron chi connectivity index (χ3n) is 3.09. The molecule has 1 aromatic heterocycles. The van der Waals surface area contributed by atoms with Crippen LogP contribution in [0.1, 0.15) is 30.8 Å². The van der Waals surface area contributed by atoms with Crippen molar-refractivity contribution in [2.45, 2.75) is 26.2 Å². The van der Waals surface area contributed by atoms with E-state index in [0.717, 1.165) is 17.9 Å². The monoisotopic (exact) mass is 255 g/mol. The van der Waals surface area contributed by atoms with Gasteiger partial charge in [0.2, 0.25) is 10.0 Å². The maximum atomic E-state index is 11.7. The van der Waals surface area contributed by atoms with Gasteiger partial charge in [-0.2, -0.15) is 0 Å². The Hall–Kier alpha value is -1.01. The molecule has 1 aromatic rings. The average molecular weight is 255 g/mol. The summed E-state index contributed by atoms with van der Waals surface area (Å²) in [6.07, 6.45) is 2.54. The van der Waals surface area contributed by atoms with Gasteiger partial charge in [0.25, 0.3) is 0 Å². The summed E-state index contributed by atoms with van der Waals surface area (Å²) in [6, 6.07) is 1.85. The van der Waals surface area contributed by atoms with Gasteiger partial charge in [0.1, 0.15) is 5.82 Å². The summed E-state index contributed by atoms with van der Waals surface area (Å²) in [6.45, 7) is 4.68. The van der Waals surface area contributed by atoms with E-state index in [1.54, 1.807) is 17.4 Å². The zero-order chi connectivity index (χ0) is 12.5. The lowest BCUT2D eigenvalue weighted by Crippen LogP contribution is -2.30. The van der Waals surface area contributed by atoms with Crippen LogP contribution in [-0.4, -0.2) is 41.5 Å². The fourth-order valence-electron chi connectivity index (χ4n) is 2.04. The molecule has 1 atom stereocenters. The lowest BCUT2D eigenvalue weighted by Gasteiger charge is -2.14. The van der Waals surface area contributed by atoms with Gasteiger partial charge in [-0.1, -0.05) is 0 Å². The van der Waals surface area contributed by atoms with Crippen molar-refractivity contribution in [3.63, 3.8) is 0 Å². The van der Waals surface area contributed by atoms with E-state index in [-0.39, 0.29) is 11.7 Å². The van der Waals surface area contributed by atoms with E-state index in [1.165, 1.54) is 0 Å². The third kappa shape index (κ3) is 2.63. The molecule has 5 nitrogen and oxygen atoms in total. The zero-order valence-corrected chi connectivity index (χ0v) is 10.9. The molecule has 2 heterocycles. The Kier molecular flexibility index (Phi) is 3.44. The summed E-state index contributed by atoms with van der Waals surface area (Å²) < 4.78 is 25.0. The minimum Gasteiger partial charge on any atom is -0.241 e. The molecule has 94 valence electrons. The van der Waals surface area contributed by atoms with Crippen molar-refractivity contribution in [3.05, 3.63) is 23.8 Å². The van der Waals surface area contributed by atoms with Crippen LogP contribution >= 0.6 is 0 Å². The molecule has 0 saturated carbocycles. The van der Waals surface area contributed by atoms with E-state index in [1.807, 2.05) is 13.0 Å². The van der Waals surface area contributed by atoms with Crippen LogP contribution in [-0.2, 0) is 10.0 Å². The average Bonchev–Trinajstić information content (AvgIpc) is 2.79. The highest BCUT2D eigenvalue weighted by atomic mass is 32.2. The van der Waals surface area contributed by atoms with Crippen molar-refractivity contribution in [2.75, 3.05) is 18.8 Å². The molecule has 6 heteroatoms. The summed E-state index contributed by atoms with van der Waals surface area (Å²) in [5.74, 6) is 1.06. The third-order valence-corrected chi connectivity index (χ3v) is 4.94. The van der Waals surface area contributed by atoms with Gasteiger partial charge in [0, 0.05) is 30.9 Å². The predicted octanol–water partition coefficient (Wildman–Crippen LogP) is 0.924. The van der Waals surface area contributed by atoms with E-state index in [9.17, 15) is 8.42 Å². The quantitative estimate of drug-likeness (QED) is 0.806. The van der Waals surface area contributed by atoms with Crippen molar-refractivity contribution in [1.29, 1.82) is 0 Å². The van der Waals surface area contributed by atoms with Crippen LogP contribution in [0, 0.1) is 6.92 Å². The second-order valence-corrected chi connectivity index (χ2v) is 6.56. The van der Waals surface area contributed by atoms with E-state index >= 15 is 0 Å². The standard InChI is InChI=1S/C11H17N3O2S/c1-3-17(15,16)14-7-5-10(8-14)11-12-6-4-9(2)13-11/h4,6,10H,3,5,7-8H2,1-2H3. The molecule has 1 aliphatic rings. The van der Waals surface area contributed by atoms with Crippen LogP contribution in [0.5, 0.6) is 0 Å². The number of aromatic nitrogens is 2. The fraction of sp³-hybridized carbons (Fsp3) is 0.636. The Bertz CT molecular complexity index is 501. The molecule has 1 unspecified atom stereocenters. The largest absolute Gasteiger partial charge is 0.241 e. The van der Waals surface area contributed by atoms with Crippen LogP contribution in [0.25, 0.3) is 0 Å². The number of sulfonamides is 1.